The number of carbonyl (C=O) groups is 1. The first-order valence-corrected chi connectivity index (χ1v) is 11.0. The number of amides is 1. The molecule has 154 valence electrons. The van der Waals surface area contributed by atoms with Gasteiger partial charge in [-0.2, -0.15) is 4.21 Å². The first-order chi connectivity index (χ1) is 14.0. The van der Waals surface area contributed by atoms with Crippen LogP contribution in [-0.4, -0.2) is 40.0 Å². The van der Waals surface area contributed by atoms with Crippen molar-refractivity contribution in [2.75, 3.05) is 6.54 Å². The molecule has 2 aromatic rings. The molecule has 6 nitrogen and oxygen atoms in total. The zero-order valence-corrected chi connectivity index (χ0v) is 17.7. The van der Waals surface area contributed by atoms with E-state index in [4.69, 9.17) is 13.1 Å². The highest BCUT2D eigenvalue weighted by atomic mass is 79.9. The second kappa shape index (κ2) is 8.91. The number of hydrogen-bond donors (Lipinski definition) is 0. The second-order valence-electron chi connectivity index (χ2n) is 6.91. The number of carbonyl (C=O) groups excluding carboxylic acids is 1. The SMILES string of the molecule is O=C(OCc1ccccc1)N1CC[C@H]2OS(=O)OC2C1Cc1cccc(Br)c1F. The van der Waals surface area contributed by atoms with E-state index < -0.39 is 41.5 Å². The van der Waals surface area contributed by atoms with E-state index in [1.54, 1.807) is 18.2 Å². The summed E-state index contributed by atoms with van der Waals surface area (Å²) in [6, 6.07) is 13.8. The van der Waals surface area contributed by atoms with Gasteiger partial charge in [0.2, 0.25) is 0 Å². The van der Waals surface area contributed by atoms with Crippen LogP contribution in [0.4, 0.5) is 9.18 Å². The van der Waals surface area contributed by atoms with Gasteiger partial charge in [-0.3, -0.25) is 8.37 Å². The van der Waals surface area contributed by atoms with Gasteiger partial charge in [-0.25, -0.2) is 9.18 Å². The van der Waals surface area contributed by atoms with Crippen molar-refractivity contribution >= 4 is 33.4 Å². The fourth-order valence-corrected chi connectivity index (χ4v) is 4.95. The molecule has 2 aliphatic heterocycles. The summed E-state index contributed by atoms with van der Waals surface area (Å²) in [6.07, 6.45) is -0.891. The lowest BCUT2D eigenvalue weighted by Gasteiger charge is -2.39. The van der Waals surface area contributed by atoms with Crippen LogP contribution >= 0.6 is 15.9 Å². The monoisotopic (exact) mass is 483 g/mol. The molecule has 0 aromatic heterocycles. The van der Waals surface area contributed by atoms with Gasteiger partial charge in [-0.15, -0.1) is 0 Å². The number of fused-ring (bicyclic) bond motifs is 1. The number of nitrogens with zero attached hydrogens (tertiary/aromatic N) is 1. The molecule has 0 N–H and O–H groups in total. The van der Waals surface area contributed by atoms with Crippen molar-refractivity contribution in [2.45, 2.75) is 37.7 Å². The fraction of sp³-hybridized carbons (Fsp3) is 0.350. The molecule has 0 bridgehead atoms. The van der Waals surface area contributed by atoms with Gasteiger partial charge < -0.3 is 9.64 Å². The molecule has 0 aliphatic carbocycles. The van der Waals surface area contributed by atoms with Crippen molar-refractivity contribution in [3.8, 4) is 0 Å². The molecule has 2 fully saturated rings. The van der Waals surface area contributed by atoms with Gasteiger partial charge in [0.05, 0.1) is 10.5 Å². The Morgan fingerprint density at radius 1 is 1.21 bits per heavy atom. The normalized spacial score (nSPS) is 26.2. The summed E-state index contributed by atoms with van der Waals surface area (Å²) < 4.78 is 42.9. The standard InChI is InChI=1S/C20H19BrFNO5S/c21-15-8-4-7-14(18(15)22)11-16-19-17(27-29(25)28-19)9-10-23(16)20(24)26-12-13-5-2-1-3-6-13/h1-8,16-17,19H,9-12H2/t16?,17-,19?,29?/m1/s1. The summed E-state index contributed by atoms with van der Waals surface area (Å²) in [4.78, 5) is 14.3. The van der Waals surface area contributed by atoms with Gasteiger partial charge in [-0.1, -0.05) is 42.5 Å². The Hall–Kier alpha value is -1.81. The van der Waals surface area contributed by atoms with E-state index in [0.29, 0.717) is 23.0 Å². The van der Waals surface area contributed by atoms with E-state index in [1.165, 1.54) is 4.90 Å². The minimum Gasteiger partial charge on any atom is -0.445 e. The van der Waals surface area contributed by atoms with Crippen LogP contribution in [0.5, 0.6) is 0 Å². The van der Waals surface area contributed by atoms with Crippen molar-refractivity contribution in [1.82, 2.24) is 4.90 Å². The minimum atomic E-state index is -1.87. The number of ether oxygens (including phenoxy) is 1. The highest BCUT2D eigenvalue weighted by molar-refractivity contribution is 9.10. The van der Waals surface area contributed by atoms with Crippen LogP contribution in [0.25, 0.3) is 0 Å². The molecule has 4 rings (SSSR count). The number of benzene rings is 2. The third kappa shape index (κ3) is 4.53. The zero-order chi connectivity index (χ0) is 20.4. The number of likely N-dealkylation sites (tertiary alicyclic amines) is 1. The van der Waals surface area contributed by atoms with Crippen molar-refractivity contribution in [2.24, 2.45) is 0 Å². The first-order valence-electron chi connectivity index (χ1n) is 9.19. The predicted octanol–water partition coefficient (Wildman–Crippen LogP) is 3.90. The van der Waals surface area contributed by atoms with Crippen molar-refractivity contribution in [1.29, 1.82) is 0 Å². The van der Waals surface area contributed by atoms with E-state index in [0.717, 1.165) is 5.56 Å². The lowest BCUT2D eigenvalue weighted by Crippen LogP contribution is -2.56. The molecular formula is C20H19BrFNO5S. The Morgan fingerprint density at radius 3 is 2.79 bits per heavy atom. The van der Waals surface area contributed by atoms with Crippen LogP contribution in [0, 0.1) is 5.82 Å². The van der Waals surface area contributed by atoms with E-state index in [1.807, 2.05) is 30.3 Å². The molecular weight excluding hydrogens is 465 g/mol. The number of rotatable bonds is 4. The Morgan fingerprint density at radius 2 is 2.00 bits per heavy atom. The number of piperidine rings is 1. The molecule has 2 heterocycles. The van der Waals surface area contributed by atoms with E-state index in [9.17, 15) is 13.4 Å². The lowest BCUT2D eigenvalue weighted by molar-refractivity contribution is -0.00483. The third-order valence-electron chi connectivity index (χ3n) is 5.09. The van der Waals surface area contributed by atoms with Crippen LogP contribution in [0.1, 0.15) is 17.5 Å². The number of halogens is 2. The Balaban J connectivity index is 1.54. The van der Waals surface area contributed by atoms with Crippen LogP contribution in [0.2, 0.25) is 0 Å². The summed E-state index contributed by atoms with van der Waals surface area (Å²) in [5.41, 5.74) is 1.29. The molecule has 0 radical (unpaired) electrons. The second-order valence-corrected chi connectivity index (χ2v) is 8.55. The first kappa shape index (κ1) is 20.5. The highest BCUT2D eigenvalue weighted by Gasteiger charge is 2.48. The van der Waals surface area contributed by atoms with Gasteiger partial charge in [0.25, 0.3) is 0 Å². The van der Waals surface area contributed by atoms with Crippen LogP contribution in [0.15, 0.2) is 53.0 Å². The molecule has 2 saturated heterocycles. The molecule has 2 aromatic carbocycles. The summed E-state index contributed by atoms with van der Waals surface area (Å²) >= 11 is 1.31. The lowest BCUT2D eigenvalue weighted by atomic mass is 9.91. The average Bonchev–Trinajstić information content (AvgIpc) is 3.11. The summed E-state index contributed by atoms with van der Waals surface area (Å²) in [6.45, 7) is 0.473. The van der Waals surface area contributed by atoms with E-state index >= 15 is 0 Å². The Kier molecular flexibility index (Phi) is 6.29. The molecule has 0 spiro atoms. The van der Waals surface area contributed by atoms with Gasteiger partial charge in [0.1, 0.15) is 24.6 Å². The smallest absolute Gasteiger partial charge is 0.410 e. The maximum atomic E-state index is 14.6. The fourth-order valence-electron chi connectivity index (χ4n) is 3.65. The van der Waals surface area contributed by atoms with Gasteiger partial charge in [0.15, 0.2) is 0 Å². The molecule has 9 heteroatoms. The average molecular weight is 484 g/mol. The maximum Gasteiger partial charge on any atom is 0.410 e. The highest BCUT2D eigenvalue weighted by Crippen LogP contribution is 2.33. The topological polar surface area (TPSA) is 65.1 Å². The van der Waals surface area contributed by atoms with E-state index in [2.05, 4.69) is 15.9 Å². The maximum absolute atomic E-state index is 14.6. The van der Waals surface area contributed by atoms with Crippen molar-refractivity contribution < 1.29 is 26.5 Å². The predicted molar refractivity (Wildman–Crippen MR) is 107 cm³/mol. The minimum absolute atomic E-state index is 0.130. The largest absolute Gasteiger partial charge is 0.445 e. The molecule has 3 unspecified atom stereocenters. The number of hydrogen-bond acceptors (Lipinski definition) is 5. The summed E-state index contributed by atoms with van der Waals surface area (Å²) in [5, 5.41) is 0. The molecule has 0 saturated carbocycles. The molecule has 29 heavy (non-hydrogen) atoms. The van der Waals surface area contributed by atoms with Gasteiger partial charge >= 0.3 is 17.5 Å². The Labute approximate surface area is 178 Å². The molecule has 1 amide bonds. The molecule has 2 aliphatic rings. The van der Waals surface area contributed by atoms with Crippen molar-refractivity contribution in [3.05, 3.63) is 69.9 Å². The zero-order valence-electron chi connectivity index (χ0n) is 15.3. The van der Waals surface area contributed by atoms with Crippen LogP contribution in [0.3, 0.4) is 0 Å². The van der Waals surface area contributed by atoms with Crippen molar-refractivity contribution in [3.63, 3.8) is 0 Å². The van der Waals surface area contributed by atoms with Gasteiger partial charge in [0, 0.05) is 6.54 Å². The Bertz CT molecular complexity index is 915. The summed E-state index contributed by atoms with van der Waals surface area (Å²) in [5.74, 6) is -0.396. The van der Waals surface area contributed by atoms with Crippen LogP contribution < -0.4 is 0 Å². The van der Waals surface area contributed by atoms with Gasteiger partial charge in [-0.05, 0) is 46.0 Å². The third-order valence-corrected chi connectivity index (χ3v) is 6.49. The molecule has 4 atom stereocenters. The van der Waals surface area contributed by atoms with Crippen LogP contribution in [-0.2, 0) is 37.5 Å². The summed E-state index contributed by atoms with van der Waals surface area (Å²) in [7, 11) is 0. The quantitative estimate of drug-likeness (QED) is 0.659. The van der Waals surface area contributed by atoms with E-state index in [-0.39, 0.29) is 13.0 Å².